The maximum Gasteiger partial charge on any atom is 0.273 e. The van der Waals surface area contributed by atoms with Crippen LogP contribution in [-0.2, 0) is 11.2 Å². The van der Waals surface area contributed by atoms with Crippen LogP contribution in [0.5, 0.6) is 0 Å². The molecule has 0 aliphatic heterocycles. The lowest BCUT2D eigenvalue weighted by Crippen LogP contribution is -2.15. The van der Waals surface area contributed by atoms with Gasteiger partial charge in [0.15, 0.2) is 0 Å². The highest BCUT2D eigenvalue weighted by Gasteiger charge is 2.16. The molecule has 1 heterocycles. The van der Waals surface area contributed by atoms with Crippen molar-refractivity contribution in [3.8, 4) is 11.4 Å². The zero-order valence-electron chi connectivity index (χ0n) is 15.1. The SMILES string of the molecule is O=C(Cc1ccccc1[N+](=O)[O-])Nc1ccc2nc(-c3ccccc3Cl)[nH]c2c1. The highest BCUT2D eigenvalue weighted by Crippen LogP contribution is 2.28. The van der Waals surface area contributed by atoms with E-state index in [2.05, 4.69) is 15.3 Å². The van der Waals surface area contributed by atoms with Crippen molar-refractivity contribution in [2.45, 2.75) is 6.42 Å². The van der Waals surface area contributed by atoms with Crippen LogP contribution in [0.15, 0.2) is 66.7 Å². The molecule has 8 heteroatoms. The van der Waals surface area contributed by atoms with Gasteiger partial charge in [-0.15, -0.1) is 0 Å². The van der Waals surface area contributed by atoms with E-state index in [9.17, 15) is 14.9 Å². The summed E-state index contributed by atoms with van der Waals surface area (Å²) in [4.78, 5) is 30.7. The van der Waals surface area contributed by atoms with Crippen LogP contribution in [0.1, 0.15) is 5.56 Å². The number of carbonyl (C=O) groups is 1. The van der Waals surface area contributed by atoms with Gasteiger partial charge < -0.3 is 10.3 Å². The Bertz CT molecular complexity index is 1240. The zero-order chi connectivity index (χ0) is 20.4. The van der Waals surface area contributed by atoms with Gasteiger partial charge in [-0.2, -0.15) is 0 Å². The van der Waals surface area contributed by atoms with E-state index in [0.29, 0.717) is 22.1 Å². The number of hydrogen-bond donors (Lipinski definition) is 2. The van der Waals surface area contributed by atoms with Crippen LogP contribution in [0, 0.1) is 10.1 Å². The molecule has 0 aliphatic rings. The van der Waals surface area contributed by atoms with Crippen LogP contribution in [0.25, 0.3) is 22.4 Å². The molecule has 7 nitrogen and oxygen atoms in total. The number of amides is 1. The number of nitrogens with zero attached hydrogens (tertiary/aromatic N) is 2. The van der Waals surface area contributed by atoms with Gasteiger partial charge in [-0.3, -0.25) is 14.9 Å². The molecule has 0 aliphatic carbocycles. The predicted octanol–water partition coefficient (Wildman–Crippen LogP) is 4.97. The summed E-state index contributed by atoms with van der Waals surface area (Å²) in [7, 11) is 0. The lowest BCUT2D eigenvalue weighted by Gasteiger charge is -2.06. The number of aromatic amines is 1. The summed E-state index contributed by atoms with van der Waals surface area (Å²) in [5, 5.41) is 14.5. The largest absolute Gasteiger partial charge is 0.338 e. The van der Waals surface area contributed by atoms with Crippen LogP contribution in [0.3, 0.4) is 0 Å². The first-order valence-corrected chi connectivity index (χ1v) is 9.16. The number of fused-ring (bicyclic) bond motifs is 1. The average molecular weight is 407 g/mol. The fourth-order valence-electron chi connectivity index (χ4n) is 3.08. The second kappa shape index (κ2) is 7.73. The molecular formula is C21H15ClN4O3. The summed E-state index contributed by atoms with van der Waals surface area (Å²) in [5.74, 6) is 0.290. The van der Waals surface area contributed by atoms with Gasteiger partial charge in [0.2, 0.25) is 5.91 Å². The van der Waals surface area contributed by atoms with Gasteiger partial charge in [0.05, 0.1) is 27.4 Å². The number of nitrogens with one attached hydrogen (secondary N) is 2. The van der Waals surface area contributed by atoms with Crippen LogP contribution < -0.4 is 5.32 Å². The molecule has 144 valence electrons. The maximum atomic E-state index is 12.4. The molecule has 0 atom stereocenters. The number of hydrogen-bond acceptors (Lipinski definition) is 4. The van der Waals surface area contributed by atoms with Crippen molar-refractivity contribution in [3.63, 3.8) is 0 Å². The summed E-state index contributed by atoms with van der Waals surface area (Å²) in [5.41, 5.74) is 3.11. The summed E-state index contributed by atoms with van der Waals surface area (Å²) in [6.45, 7) is 0. The number of imidazole rings is 1. The number of benzene rings is 3. The second-order valence-corrected chi connectivity index (χ2v) is 6.82. The highest BCUT2D eigenvalue weighted by atomic mass is 35.5. The molecule has 29 heavy (non-hydrogen) atoms. The van der Waals surface area contributed by atoms with E-state index in [-0.39, 0.29) is 18.0 Å². The van der Waals surface area contributed by atoms with Crippen LogP contribution in [0.2, 0.25) is 5.02 Å². The Morgan fingerprint density at radius 3 is 2.66 bits per heavy atom. The van der Waals surface area contributed by atoms with E-state index in [1.54, 1.807) is 42.5 Å². The summed E-state index contributed by atoms with van der Waals surface area (Å²) < 4.78 is 0. The van der Waals surface area contributed by atoms with Gasteiger partial charge in [-0.25, -0.2) is 4.98 Å². The van der Waals surface area contributed by atoms with Crippen LogP contribution in [-0.4, -0.2) is 20.8 Å². The molecular weight excluding hydrogens is 392 g/mol. The molecule has 0 unspecified atom stereocenters. The van der Waals surface area contributed by atoms with Gasteiger partial charge >= 0.3 is 0 Å². The van der Waals surface area contributed by atoms with Gasteiger partial charge in [0, 0.05) is 22.9 Å². The molecule has 0 radical (unpaired) electrons. The van der Waals surface area contributed by atoms with Crippen molar-refractivity contribution in [2.75, 3.05) is 5.32 Å². The number of anilines is 1. The number of carbonyl (C=O) groups excluding carboxylic acids is 1. The summed E-state index contributed by atoms with van der Waals surface area (Å²) >= 11 is 6.23. The fourth-order valence-corrected chi connectivity index (χ4v) is 3.31. The monoisotopic (exact) mass is 406 g/mol. The Hall–Kier alpha value is -3.71. The van der Waals surface area contributed by atoms with Crippen molar-refractivity contribution in [3.05, 3.63) is 87.4 Å². The van der Waals surface area contributed by atoms with Crippen molar-refractivity contribution < 1.29 is 9.72 Å². The van der Waals surface area contributed by atoms with Gasteiger partial charge in [-0.05, 0) is 30.3 Å². The smallest absolute Gasteiger partial charge is 0.273 e. The minimum Gasteiger partial charge on any atom is -0.338 e. The van der Waals surface area contributed by atoms with Crippen molar-refractivity contribution in [1.29, 1.82) is 0 Å². The number of aromatic nitrogens is 2. The molecule has 0 fully saturated rings. The molecule has 4 rings (SSSR count). The molecule has 3 aromatic carbocycles. The molecule has 2 N–H and O–H groups in total. The molecule has 0 spiro atoms. The lowest BCUT2D eigenvalue weighted by molar-refractivity contribution is -0.385. The van der Waals surface area contributed by atoms with Crippen molar-refractivity contribution >= 4 is 39.9 Å². The zero-order valence-corrected chi connectivity index (χ0v) is 15.8. The third kappa shape index (κ3) is 3.95. The first-order valence-electron chi connectivity index (χ1n) is 8.78. The molecule has 1 amide bonds. The summed E-state index contributed by atoms with van der Waals surface area (Å²) in [6.07, 6.45) is -0.0942. The van der Waals surface area contributed by atoms with E-state index in [4.69, 9.17) is 11.6 Å². The van der Waals surface area contributed by atoms with Gasteiger partial charge in [0.1, 0.15) is 5.82 Å². The van der Waals surface area contributed by atoms with E-state index in [0.717, 1.165) is 16.6 Å². The quantitative estimate of drug-likeness (QED) is 0.360. The number of para-hydroxylation sites is 1. The Morgan fingerprint density at radius 2 is 1.86 bits per heavy atom. The average Bonchev–Trinajstić information content (AvgIpc) is 3.11. The van der Waals surface area contributed by atoms with E-state index in [1.807, 2.05) is 18.2 Å². The van der Waals surface area contributed by atoms with Gasteiger partial charge in [-0.1, -0.05) is 41.9 Å². The third-order valence-corrected chi connectivity index (χ3v) is 4.76. The molecule has 0 saturated heterocycles. The number of rotatable bonds is 5. The number of H-pyrrole nitrogens is 1. The number of halogens is 1. The van der Waals surface area contributed by atoms with Crippen LogP contribution in [0.4, 0.5) is 11.4 Å². The van der Waals surface area contributed by atoms with E-state index >= 15 is 0 Å². The minimum absolute atomic E-state index is 0.0731. The predicted molar refractivity (Wildman–Crippen MR) is 112 cm³/mol. The Labute approximate surface area is 170 Å². The Kier molecular flexibility index (Phi) is 4.97. The van der Waals surface area contributed by atoms with Crippen LogP contribution >= 0.6 is 11.6 Å². The highest BCUT2D eigenvalue weighted by molar-refractivity contribution is 6.33. The van der Waals surface area contributed by atoms with Gasteiger partial charge in [0.25, 0.3) is 5.69 Å². The topological polar surface area (TPSA) is 101 Å². The molecule has 0 saturated carbocycles. The Balaban J connectivity index is 1.55. The van der Waals surface area contributed by atoms with Crippen molar-refractivity contribution in [2.24, 2.45) is 0 Å². The third-order valence-electron chi connectivity index (χ3n) is 4.43. The van der Waals surface area contributed by atoms with E-state index < -0.39 is 4.92 Å². The second-order valence-electron chi connectivity index (χ2n) is 6.41. The Morgan fingerprint density at radius 1 is 1.10 bits per heavy atom. The molecule has 0 bridgehead atoms. The minimum atomic E-state index is -0.491. The normalized spacial score (nSPS) is 10.8. The standard InChI is InChI=1S/C21H15ClN4O3/c22-16-7-3-2-6-15(16)21-24-17-10-9-14(12-18(17)25-21)23-20(27)11-13-5-1-4-8-19(13)26(28)29/h1-10,12H,11H2,(H,23,27)(H,24,25). The molecule has 1 aromatic heterocycles. The number of nitro groups is 1. The summed E-state index contributed by atoms with van der Waals surface area (Å²) in [6, 6.07) is 18.9. The number of nitro benzene ring substituents is 1. The van der Waals surface area contributed by atoms with Crippen molar-refractivity contribution in [1.82, 2.24) is 9.97 Å². The lowest BCUT2D eigenvalue weighted by atomic mass is 10.1. The molecule has 4 aromatic rings. The first-order chi connectivity index (χ1) is 14.0. The maximum absolute atomic E-state index is 12.4. The fraction of sp³-hybridized carbons (Fsp3) is 0.0476. The first kappa shape index (κ1) is 18.6. The van der Waals surface area contributed by atoms with E-state index in [1.165, 1.54) is 6.07 Å².